The van der Waals surface area contributed by atoms with Gasteiger partial charge >= 0.3 is 0 Å². The van der Waals surface area contributed by atoms with Gasteiger partial charge in [0.2, 0.25) is 0 Å². The first kappa shape index (κ1) is 22.6. The van der Waals surface area contributed by atoms with E-state index >= 15 is 0 Å². The third-order valence-corrected chi connectivity index (χ3v) is 7.00. The van der Waals surface area contributed by atoms with Crippen molar-refractivity contribution in [2.24, 2.45) is 0 Å². The van der Waals surface area contributed by atoms with E-state index in [1.54, 1.807) is 6.07 Å². The molecular formula is C30H20Cl2NS. The van der Waals surface area contributed by atoms with Gasteiger partial charge in [0.1, 0.15) is 0 Å². The summed E-state index contributed by atoms with van der Waals surface area (Å²) < 4.78 is 5.04. The van der Waals surface area contributed by atoms with Gasteiger partial charge in [0, 0.05) is 33.0 Å². The summed E-state index contributed by atoms with van der Waals surface area (Å²) in [4.78, 5) is 0.858. The first-order chi connectivity index (χ1) is 16.7. The average Bonchev–Trinajstić information content (AvgIpc) is 2.89. The highest BCUT2D eigenvalue weighted by molar-refractivity contribution is 7.97. The molecular weight excluding hydrogens is 477 g/mol. The van der Waals surface area contributed by atoms with Crippen molar-refractivity contribution < 1.29 is 0 Å². The fourth-order valence-electron chi connectivity index (χ4n) is 3.85. The van der Waals surface area contributed by atoms with Gasteiger partial charge in [0.05, 0.1) is 10.7 Å². The van der Waals surface area contributed by atoms with Gasteiger partial charge in [-0.05, 0) is 52.6 Å². The second kappa shape index (κ2) is 10.4. The van der Waals surface area contributed by atoms with Crippen LogP contribution in [0.5, 0.6) is 0 Å². The molecule has 0 atom stereocenters. The van der Waals surface area contributed by atoms with E-state index in [0.717, 1.165) is 44.0 Å². The van der Waals surface area contributed by atoms with Gasteiger partial charge < -0.3 is 0 Å². The van der Waals surface area contributed by atoms with Crippen LogP contribution in [0, 0.1) is 0 Å². The van der Waals surface area contributed by atoms with Gasteiger partial charge in [-0.2, -0.15) is 0 Å². The predicted molar refractivity (Wildman–Crippen MR) is 147 cm³/mol. The lowest BCUT2D eigenvalue weighted by molar-refractivity contribution is 1.34. The molecule has 0 aliphatic carbocycles. The third-order valence-electron chi connectivity index (χ3n) is 5.52. The minimum Gasteiger partial charge on any atom is -0.210 e. The van der Waals surface area contributed by atoms with E-state index in [9.17, 15) is 0 Å². The Labute approximate surface area is 214 Å². The summed E-state index contributed by atoms with van der Waals surface area (Å²) in [6, 6.07) is 41.1. The summed E-state index contributed by atoms with van der Waals surface area (Å²) in [5, 5.41) is 1.20. The molecule has 5 aromatic carbocycles. The lowest BCUT2D eigenvalue weighted by Gasteiger charge is -2.18. The topological polar surface area (TPSA) is 14.1 Å². The second-order valence-corrected chi connectivity index (χ2v) is 9.42. The molecule has 0 bridgehead atoms. The zero-order valence-electron chi connectivity index (χ0n) is 18.2. The van der Waals surface area contributed by atoms with Crippen LogP contribution in [0.15, 0.2) is 126 Å². The van der Waals surface area contributed by atoms with Crippen molar-refractivity contribution in [3.63, 3.8) is 0 Å². The molecule has 5 aromatic rings. The lowest BCUT2D eigenvalue weighted by atomic mass is 9.91. The molecule has 0 N–H and O–H groups in total. The van der Waals surface area contributed by atoms with Crippen molar-refractivity contribution in [1.82, 2.24) is 4.72 Å². The highest BCUT2D eigenvalue weighted by Crippen LogP contribution is 2.43. The van der Waals surface area contributed by atoms with Crippen LogP contribution in [0.1, 0.15) is 0 Å². The molecule has 4 heteroatoms. The molecule has 0 saturated heterocycles. The molecule has 5 rings (SSSR count). The molecule has 0 heterocycles. The SMILES string of the molecule is Clc1ccc(S[N]c2c(-c3ccccc3)cc(-c3ccccc3)cc2-c2ccccc2)c(Cl)c1. The van der Waals surface area contributed by atoms with Crippen LogP contribution < -0.4 is 4.72 Å². The smallest absolute Gasteiger partial charge is 0.0874 e. The van der Waals surface area contributed by atoms with E-state index in [2.05, 4.69) is 84.9 Å². The van der Waals surface area contributed by atoms with E-state index < -0.39 is 0 Å². The van der Waals surface area contributed by atoms with Crippen molar-refractivity contribution in [3.05, 3.63) is 131 Å². The van der Waals surface area contributed by atoms with Crippen LogP contribution in [-0.4, -0.2) is 0 Å². The summed E-state index contributed by atoms with van der Waals surface area (Å²) in [6.07, 6.45) is 0. The monoisotopic (exact) mass is 496 g/mol. The van der Waals surface area contributed by atoms with Gasteiger partial charge in [-0.15, -0.1) is 0 Å². The number of nitrogens with zero attached hydrogens (tertiary/aromatic N) is 1. The number of rotatable bonds is 6. The van der Waals surface area contributed by atoms with Gasteiger partial charge in [-0.1, -0.05) is 114 Å². The lowest BCUT2D eigenvalue weighted by Crippen LogP contribution is -1.96. The Hall–Kier alpha value is -3.17. The summed E-state index contributed by atoms with van der Waals surface area (Å²) in [5.41, 5.74) is 7.58. The zero-order chi connectivity index (χ0) is 23.3. The maximum atomic E-state index is 6.45. The van der Waals surface area contributed by atoms with Crippen LogP contribution in [0.2, 0.25) is 10.0 Å². The molecule has 1 nitrogen and oxygen atoms in total. The van der Waals surface area contributed by atoms with E-state index in [1.165, 1.54) is 11.9 Å². The van der Waals surface area contributed by atoms with Crippen LogP contribution >= 0.6 is 35.1 Å². The van der Waals surface area contributed by atoms with Crippen molar-refractivity contribution in [2.45, 2.75) is 4.90 Å². The van der Waals surface area contributed by atoms with Crippen molar-refractivity contribution >= 4 is 40.8 Å². The van der Waals surface area contributed by atoms with E-state index in [-0.39, 0.29) is 0 Å². The summed E-state index contributed by atoms with van der Waals surface area (Å²) in [6.45, 7) is 0. The predicted octanol–water partition coefficient (Wildman–Crippen LogP) is 9.94. The minimum absolute atomic E-state index is 0.588. The van der Waals surface area contributed by atoms with E-state index in [1.807, 2.05) is 30.3 Å². The highest BCUT2D eigenvalue weighted by Gasteiger charge is 2.17. The summed E-state index contributed by atoms with van der Waals surface area (Å²) in [5.74, 6) is 0. The Bertz CT molecular complexity index is 1340. The molecule has 165 valence electrons. The molecule has 34 heavy (non-hydrogen) atoms. The Morgan fingerprint density at radius 3 is 1.50 bits per heavy atom. The molecule has 0 fully saturated rings. The van der Waals surface area contributed by atoms with Crippen molar-refractivity contribution in [3.8, 4) is 33.4 Å². The number of hydrogen-bond donors (Lipinski definition) is 0. The highest BCUT2D eigenvalue weighted by atomic mass is 35.5. The fraction of sp³-hybridized carbons (Fsp3) is 0. The molecule has 0 aliphatic rings. The van der Waals surface area contributed by atoms with Gasteiger partial charge in [0.25, 0.3) is 0 Å². The van der Waals surface area contributed by atoms with Crippen molar-refractivity contribution in [2.75, 3.05) is 0 Å². The van der Waals surface area contributed by atoms with Crippen LogP contribution in [0.25, 0.3) is 33.4 Å². The Morgan fingerprint density at radius 2 is 1.00 bits per heavy atom. The van der Waals surface area contributed by atoms with Gasteiger partial charge in [-0.3, -0.25) is 0 Å². The molecule has 0 saturated carbocycles. The maximum absolute atomic E-state index is 6.45. The van der Waals surface area contributed by atoms with Crippen LogP contribution in [-0.2, 0) is 0 Å². The minimum atomic E-state index is 0.588. The zero-order valence-corrected chi connectivity index (χ0v) is 20.5. The van der Waals surface area contributed by atoms with E-state index in [0.29, 0.717) is 10.0 Å². The number of hydrogen-bond acceptors (Lipinski definition) is 1. The second-order valence-electron chi connectivity index (χ2n) is 7.78. The van der Waals surface area contributed by atoms with E-state index in [4.69, 9.17) is 27.9 Å². The van der Waals surface area contributed by atoms with Gasteiger partial charge in [-0.25, -0.2) is 4.72 Å². The Kier molecular flexibility index (Phi) is 6.92. The number of benzene rings is 5. The molecule has 0 aliphatic heterocycles. The third kappa shape index (κ3) is 5.00. The Morgan fingerprint density at radius 1 is 0.500 bits per heavy atom. The summed E-state index contributed by atoms with van der Waals surface area (Å²) in [7, 11) is 0. The maximum Gasteiger partial charge on any atom is 0.0874 e. The fourth-order valence-corrected chi connectivity index (χ4v) is 5.02. The van der Waals surface area contributed by atoms with Gasteiger partial charge in [0.15, 0.2) is 0 Å². The number of halogens is 2. The molecule has 0 unspecified atom stereocenters. The largest absolute Gasteiger partial charge is 0.210 e. The summed E-state index contributed by atoms with van der Waals surface area (Å²) >= 11 is 13.9. The normalized spacial score (nSPS) is 10.8. The molecule has 0 amide bonds. The quantitative estimate of drug-likeness (QED) is 0.213. The van der Waals surface area contributed by atoms with Crippen LogP contribution in [0.4, 0.5) is 5.69 Å². The molecule has 0 spiro atoms. The van der Waals surface area contributed by atoms with Crippen LogP contribution in [0.3, 0.4) is 0 Å². The van der Waals surface area contributed by atoms with Crippen molar-refractivity contribution in [1.29, 1.82) is 0 Å². The first-order valence-electron chi connectivity index (χ1n) is 10.9. The molecule has 1 radical (unpaired) electrons. The average molecular weight is 497 g/mol. The Balaban J connectivity index is 1.70. The molecule has 0 aromatic heterocycles. The first-order valence-corrected chi connectivity index (χ1v) is 12.4. The standard InChI is InChI=1S/C30H20Cl2NS/c31-25-16-17-29(28(32)20-25)34-33-30-26(22-12-6-2-7-13-22)18-24(21-10-4-1-5-11-21)19-27(30)23-14-8-3-9-15-23/h1-20H.